The van der Waals surface area contributed by atoms with E-state index in [1.807, 2.05) is 44.3 Å². The first-order valence-corrected chi connectivity index (χ1v) is 17.6. The molecule has 0 unspecified atom stereocenters. The number of aryl methyl sites for hydroxylation is 1. The lowest BCUT2D eigenvalue weighted by atomic mass is 9.97. The lowest BCUT2D eigenvalue weighted by Crippen LogP contribution is -2.48. The highest BCUT2D eigenvalue weighted by Gasteiger charge is 2.37. The first kappa shape index (κ1) is 31.4. The van der Waals surface area contributed by atoms with Crippen LogP contribution in [0.4, 0.5) is 10.5 Å². The molecule has 8 rings (SSSR count). The summed E-state index contributed by atoms with van der Waals surface area (Å²) in [6.45, 7) is 5.18. The number of hydrogen-bond donors (Lipinski definition) is 3. The maximum atomic E-state index is 14.2. The Morgan fingerprint density at radius 3 is 2.45 bits per heavy atom. The van der Waals surface area contributed by atoms with Gasteiger partial charge in [-0.1, -0.05) is 6.07 Å². The summed E-state index contributed by atoms with van der Waals surface area (Å²) >= 11 is 8.06. The van der Waals surface area contributed by atoms with Gasteiger partial charge in [0.1, 0.15) is 11.4 Å². The maximum Gasteiger partial charge on any atom is 0.415 e. The van der Waals surface area contributed by atoms with E-state index in [0.29, 0.717) is 48.3 Å². The number of ketones is 1. The third kappa shape index (κ3) is 5.61. The third-order valence-electron chi connectivity index (χ3n) is 9.69. The van der Waals surface area contributed by atoms with Crippen molar-refractivity contribution in [3.63, 3.8) is 0 Å². The summed E-state index contributed by atoms with van der Waals surface area (Å²) in [5, 5.41) is 14.4. The average molecular weight is 696 g/mol. The molecule has 12 heteroatoms. The molecule has 0 saturated carbocycles. The molecule has 0 spiro atoms. The Morgan fingerprint density at radius 1 is 0.959 bits per heavy atom. The van der Waals surface area contributed by atoms with Gasteiger partial charge in [-0.05, 0) is 78.5 Å². The summed E-state index contributed by atoms with van der Waals surface area (Å²) in [4.78, 5) is 52.7. The number of halogens is 1. The van der Waals surface area contributed by atoms with E-state index in [1.54, 1.807) is 34.1 Å². The Bertz CT molecular complexity index is 2300. The monoisotopic (exact) mass is 695 g/mol. The minimum absolute atomic E-state index is 0.0816. The molecule has 10 nitrogen and oxygen atoms in total. The molecule has 0 aliphatic carbocycles. The number of nitrogens with zero attached hydrogens (tertiary/aromatic N) is 3. The Morgan fingerprint density at radius 2 is 1.67 bits per heavy atom. The van der Waals surface area contributed by atoms with Gasteiger partial charge >= 0.3 is 6.09 Å². The van der Waals surface area contributed by atoms with Gasteiger partial charge in [0.05, 0.1) is 16.1 Å². The largest absolute Gasteiger partial charge is 0.508 e. The Balaban J connectivity index is 1.08. The molecule has 3 aromatic heterocycles. The van der Waals surface area contributed by atoms with E-state index in [4.69, 9.17) is 16.3 Å². The fraction of sp³-hybridized carbons (Fsp3) is 0.270. The number of ether oxygens (including phenoxy) is 1. The number of likely N-dealkylation sites (N-methyl/N-ethyl adjacent to an activating group) is 1. The smallest absolute Gasteiger partial charge is 0.415 e. The highest BCUT2D eigenvalue weighted by Crippen LogP contribution is 2.49. The number of amides is 2. The second-order valence-corrected chi connectivity index (χ2v) is 14.2. The molecule has 2 aliphatic rings. The summed E-state index contributed by atoms with van der Waals surface area (Å²) in [6, 6.07) is 16.0. The van der Waals surface area contributed by atoms with Gasteiger partial charge in [0.2, 0.25) is 0 Å². The van der Waals surface area contributed by atoms with Crippen molar-refractivity contribution in [2.75, 3.05) is 50.6 Å². The summed E-state index contributed by atoms with van der Waals surface area (Å²) in [5.41, 5.74) is 6.00. The number of hydrogen-bond acceptors (Lipinski definition) is 7. The molecule has 2 amide bonds. The molecule has 2 aliphatic heterocycles. The SMILES string of the molecule is Cc1csc2c(OC(=O)N3CCN(C)CC3)cc3c(c12)[C@@H](CCl)CN3C(=O)c1cc2cc(CC(=O)c3cc4cc(O)ccc4[nH]3)ccc2[nH]1. The lowest BCUT2D eigenvalue weighted by Gasteiger charge is -2.31. The quantitative estimate of drug-likeness (QED) is 0.127. The van der Waals surface area contributed by atoms with Crippen LogP contribution in [-0.4, -0.2) is 88.3 Å². The molecule has 1 fully saturated rings. The normalized spacial score (nSPS) is 16.6. The molecule has 3 N–H and O–H groups in total. The van der Waals surface area contributed by atoms with Crippen LogP contribution in [-0.2, 0) is 6.42 Å². The van der Waals surface area contributed by atoms with Crippen LogP contribution in [0.1, 0.15) is 43.6 Å². The van der Waals surface area contributed by atoms with Crippen molar-refractivity contribution in [1.29, 1.82) is 0 Å². The number of phenolic OH excluding ortho intramolecular Hbond substituents is 1. The van der Waals surface area contributed by atoms with Crippen molar-refractivity contribution in [2.24, 2.45) is 0 Å². The second kappa shape index (κ2) is 12.2. The van der Waals surface area contributed by atoms with Crippen LogP contribution in [0.2, 0.25) is 0 Å². The molecule has 3 aromatic carbocycles. The van der Waals surface area contributed by atoms with Crippen LogP contribution in [0.5, 0.6) is 11.5 Å². The van der Waals surface area contributed by atoms with Crippen molar-refractivity contribution in [3.05, 3.63) is 88.1 Å². The zero-order valence-electron chi connectivity index (χ0n) is 27.0. The van der Waals surface area contributed by atoms with Crippen molar-refractivity contribution >= 4 is 78.3 Å². The molecule has 0 bridgehead atoms. The molecular weight excluding hydrogens is 662 g/mol. The van der Waals surface area contributed by atoms with Gasteiger partial charge in [-0.25, -0.2) is 4.79 Å². The predicted molar refractivity (Wildman–Crippen MR) is 193 cm³/mol. The van der Waals surface area contributed by atoms with E-state index in [2.05, 4.69) is 20.2 Å². The van der Waals surface area contributed by atoms with Gasteiger partial charge in [-0.2, -0.15) is 0 Å². The number of fused-ring (bicyclic) bond motifs is 5. The first-order chi connectivity index (χ1) is 23.7. The molecule has 0 radical (unpaired) electrons. The highest BCUT2D eigenvalue weighted by molar-refractivity contribution is 7.17. The van der Waals surface area contributed by atoms with Crippen molar-refractivity contribution in [3.8, 4) is 11.5 Å². The number of piperazine rings is 1. The maximum absolute atomic E-state index is 14.2. The zero-order chi connectivity index (χ0) is 34.0. The van der Waals surface area contributed by atoms with Gasteiger partial charge in [0.25, 0.3) is 5.91 Å². The average Bonchev–Trinajstić information content (AvgIpc) is 3.88. The number of H-pyrrole nitrogens is 2. The number of aromatic nitrogens is 2. The van der Waals surface area contributed by atoms with Crippen molar-refractivity contribution in [1.82, 2.24) is 19.8 Å². The lowest BCUT2D eigenvalue weighted by molar-refractivity contribution is 0.0978. The number of anilines is 1. The highest BCUT2D eigenvalue weighted by atomic mass is 35.5. The molecule has 250 valence electrons. The van der Waals surface area contributed by atoms with Gasteiger partial charge in [-0.15, -0.1) is 22.9 Å². The molecular formula is C37H34ClN5O5S. The van der Waals surface area contributed by atoms with Crippen LogP contribution in [0, 0.1) is 6.92 Å². The Kier molecular flexibility index (Phi) is 7.85. The number of rotatable bonds is 6. The number of benzene rings is 3. The number of nitrogens with one attached hydrogen (secondary N) is 2. The molecule has 6 aromatic rings. The van der Waals surface area contributed by atoms with Gasteiger partial charge < -0.3 is 34.5 Å². The van der Waals surface area contributed by atoms with E-state index >= 15 is 0 Å². The minimum atomic E-state index is -0.390. The molecule has 1 atom stereocenters. The summed E-state index contributed by atoms with van der Waals surface area (Å²) in [7, 11) is 2.04. The number of aromatic amines is 2. The van der Waals surface area contributed by atoms with E-state index in [1.165, 1.54) is 11.3 Å². The number of carbonyl (C=O) groups excluding carboxylic acids is 3. The van der Waals surface area contributed by atoms with E-state index < -0.39 is 0 Å². The number of phenols is 1. The third-order valence-corrected chi connectivity index (χ3v) is 11.2. The number of alkyl halides is 1. The predicted octanol–water partition coefficient (Wildman–Crippen LogP) is 7.03. The van der Waals surface area contributed by atoms with Crippen LogP contribution < -0.4 is 9.64 Å². The fourth-order valence-corrected chi connectivity index (χ4v) is 8.32. The minimum Gasteiger partial charge on any atom is -0.508 e. The summed E-state index contributed by atoms with van der Waals surface area (Å²) < 4.78 is 6.93. The topological polar surface area (TPSA) is 122 Å². The second-order valence-electron chi connectivity index (χ2n) is 13.0. The number of thiophene rings is 1. The Labute approximate surface area is 290 Å². The van der Waals surface area contributed by atoms with E-state index in [-0.39, 0.29) is 35.9 Å². The molecule has 1 saturated heterocycles. The summed E-state index contributed by atoms with van der Waals surface area (Å²) in [6.07, 6.45) is -0.218. The van der Waals surface area contributed by atoms with Crippen molar-refractivity contribution in [2.45, 2.75) is 19.3 Å². The van der Waals surface area contributed by atoms with Crippen LogP contribution >= 0.6 is 22.9 Å². The number of aromatic hydroxyl groups is 1. The van der Waals surface area contributed by atoms with Gasteiger partial charge in [-0.3, -0.25) is 9.59 Å². The zero-order valence-corrected chi connectivity index (χ0v) is 28.6. The number of Topliss-reactive ketones (excluding diaryl/α,β-unsaturated/α-hetero) is 1. The standard InChI is InChI=1S/C37H34ClN5O5S/c1-20-19-49-35-32(48-37(47)42-9-7-41(2)8-10-42)16-30-34(33(20)35)24(17-38)18-43(30)36(46)29-15-22-11-21(3-5-26(22)40-29)12-31(45)28-14-23-13-25(44)4-6-27(23)39-28/h3-6,11,13-16,19,24,39-40,44H,7-10,12,17-18H2,1-2H3/t24-/m0/s1. The van der Waals surface area contributed by atoms with Crippen LogP contribution in [0.15, 0.2) is 60.0 Å². The van der Waals surface area contributed by atoms with Crippen LogP contribution in [0.25, 0.3) is 31.9 Å². The Hall–Kier alpha value is -4.84. The van der Waals surface area contributed by atoms with Gasteiger partial charge in [0, 0.05) is 84.2 Å². The van der Waals surface area contributed by atoms with Crippen LogP contribution in [0.3, 0.4) is 0 Å². The molecule has 49 heavy (non-hydrogen) atoms. The fourth-order valence-electron chi connectivity index (χ4n) is 7.05. The van der Waals surface area contributed by atoms with Crippen molar-refractivity contribution < 1.29 is 24.2 Å². The number of carbonyl (C=O) groups is 3. The van der Waals surface area contributed by atoms with E-state index in [9.17, 15) is 19.5 Å². The summed E-state index contributed by atoms with van der Waals surface area (Å²) in [5.74, 6) is 0.540. The van der Waals surface area contributed by atoms with Gasteiger partial charge in [0.15, 0.2) is 11.5 Å². The van der Waals surface area contributed by atoms with E-state index in [0.717, 1.165) is 61.7 Å². The first-order valence-electron chi connectivity index (χ1n) is 16.2. The molecule has 5 heterocycles.